The summed E-state index contributed by atoms with van der Waals surface area (Å²) in [7, 11) is 0. The van der Waals surface area contributed by atoms with Crippen LogP contribution in [-0.2, 0) is 13.0 Å². The highest BCUT2D eigenvalue weighted by atomic mass is 32.1. The summed E-state index contributed by atoms with van der Waals surface area (Å²) in [5.41, 5.74) is 6.45. The number of non-ortho nitro benzene ring substituents is 1. The van der Waals surface area contributed by atoms with E-state index in [0.717, 1.165) is 46.4 Å². The monoisotopic (exact) mass is 633 g/mol. The fraction of sp³-hybridized carbons (Fsp3) is 0.167. The van der Waals surface area contributed by atoms with Crippen molar-refractivity contribution in [2.24, 2.45) is 4.99 Å². The van der Waals surface area contributed by atoms with Gasteiger partial charge < -0.3 is 9.47 Å². The predicted octanol–water partition coefficient (Wildman–Crippen LogP) is 6.34. The van der Waals surface area contributed by atoms with Gasteiger partial charge in [0.05, 0.1) is 27.8 Å². The Kier molecular flexibility index (Phi) is 7.79. The molecule has 0 saturated heterocycles. The van der Waals surface area contributed by atoms with Crippen LogP contribution in [0, 0.1) is 15.9 Å². The summed E-state index contributed by atoms with van der Waals surface area (Å²) < 4.78 is 28.1. The number of halogens is 1. The van der Waals surface area contributed by atoms with Gasteiger partial charge >= 0.3 is 0 Å². The molecule has 0 radical (unpaired) electrons. The molecule has 230 valence electrons. The van der Waals surface area contributed by atoms with E-state index in [2.05, 4.69) is 12.1 Å². The highest BCUT2D eigenvalue weighted by molar-refractivity contribution is 7.07. The van der Waals surface area contributed by atoms with Crippen molar-refractivity contribution in [3.63, 3.8) is 0 Å². The van der Waals surface area contributed by atoms with Crippen molar-refractivity contribution in [2.75, 3.05) is 6.61 Å². The summed E-state index contributed by atoms with van der Waals surface area (Å²) in [5.74, 6) is 0.702. The van der Waals surface area contributed by atoms with Gasteiger partial charge in [-0.2, -0.15) is 0 Å². The van der Waals surface area contributed by atoms with Crippen molar-refractivity contribution in [1.82, 2.24) is 4.57 Å². The maximum absolute atomic E-state index is 14.1. The second-order valence-electron chi connectivity index (χ2n) is 11.0. The molecule has 0 amide bonds. The number of nitrogens with zero attached hydrogens (tertiary/aromatic N) is 3. The number of benzene rings is 4. The third kappa shape index (κ3) is 5.52. The summed E-state index contributed by atoms with van der Waals surface area (Å²) in [6, 6.07) is 25.8. The summed E-state index contributed by atoms with van der Waals surface area (Å²) in [5, 5.41) is 11.0. The predicted molar refractivity (Wildman–Crippen MR) is 174 cm³/mol. The van der Waals surface area contributed by atoms with Crippen molar-refractivity contribution in [3.05, 3.63) is 160 Å². The molecule has 1 atom stereocenters. The molecule has 0 spiro atoms. The Hall–Kier alpha value is -5.35. The lowest BCUT2D eigenvalue weighted by molar-refractivity contribution is -0.384. The molecular formula is C36H28FN3O5S. The van der Waals surface area contributed by atoms with Gasteiger partial charge in [0, 0.05) is 17.7 Å². The molecule has 0 unspecified atom stereocenters. The first-order valence-electron chi connectivity index (χ1n) is 14.9. The zero-order valence-corrected chi connectivity index (χ0v) is 25.6. The van der Waals surface area contributed by atoms with Gasteiger partial charge in [-0.25, -0.2) is 9.38 Å². The van der Waals surface area contributed by atoms with E-state index < -0.39 is 11.0 Å². The van der Waals surface area contributed by atoms with Gasteiger partial charge in [-0.15, -0.1) is 0 Å². The summed E-state index contributed by atoms with van der Waals surface area (Å²) in [6.07, 6.45) is 3.41. The van der Waals surface area contributed by atoms with E-state index in [0.29, 0.717) is 27.4 Å². The van der Waals surface area contributed by atoms with E-state index in [1.807, 2.05) is 37.3 Å². The quantitative estimate of drug-likeness (QED) is 0.147. The molecule has 0 saturated carbocycles. The number of allylic oxidation sites excluding steroid dienone is 1. The Morgan fingerprint density at radius 1 is 1.00 bits per heavy atom. The van der Waals surface area contributed by atoms with Crippen LogP contribution >= 0.6 is 11.3 Å². The smallest absolute Gasteiger partial charge is 0.271 e. The molecule has 7 rings (SSSR count). The Bertz CT molecular complexity index is 2190. The Morgan fingerprint density at radius 3 is 2.54 bits per heavy atom. The maximum atomic E-state index is 14.1. The Labute approximate surface area is 267 Å². The van der Waals surface area contributed by atoms with Gasteiger partial charge in [0.15, 0.2) is 16.3 Å². The molecule has 4 aromatic carbocycles. The van der Waals surface area contributed by atoms with Crippen LogP contribution in [0.5, 0.6) is 11.5 Å². The molecule has 10 heteroatoms. The van der Waals surface area contributed by atoms with Crippen LogP contribution in [0.25, 0.3) is 11.8 Å². The first-order chi connectivity index (χ1) is 22.4. The molecule has 1 aliphatic heterocycles. The third-order valence-electron chi connectivity index (χ3n) is 8.17. The lowest BCUT2D eigenvalue weighted by Gasteiger charge is -2.30. The highest BCUT2D eigenvalue weighted by Crippen LogP contribution is 2.41. The van der Waals surface area contributed by atoms with Crippen molar-refractivity contribution >= 4 is 28.8 Å². The van der Waals surface area contributed by atoms with E-state index in [1.54, 1.807) is 34.9 Å². The number of nitro groups is 1. The Morgan fingerprint density at radius 2 is 1.78 bits per heavy atom. The molecule has 1 aliphatic carbocycles. The maximum Gasteiger partial charge on any atom is 0.271 e. The lowest BCUT2D eigenvalue weighted by atomic mass is 9.83. The van der Waals surface area contributed by atoms with Gasteiger partial charge in [-0.3, -0.25) is 19.5 Å². The van der Waals surface area contributed by atoms with Gasteiger partial charge in [0.1, 0.15) is 12.4 Å². The van der Waals surface area contributed by atoms with Crippen molar-refractivity contribution < 1.29 is 18.8 Å². The average Bonchev–Trinajstić information content (AvgIpc) is 3.38. The first-order valence-corrected chi connectivity index (χ1v) is 15.7. The Balaban J connectivity index is 1.27. The molecule has 8 nitrogen and oxygen atoms in total. The lowest BCUT2D eigenvalue weighted by Crippen LogP contribution is -2.38. The largest absolute Gasteiger partial charge is 0.490 e. The van der Waals surface area contributed by atoms with E-state index in [4.69, 9.17) is 14.5 Å². The first kappa shape index (κ1) is 29.4. The van der Waals surface area contributed by atoms with E-state index in [1.165, 1.54) is 41.2 Å². The van der Waals surface area contributed by atoms with E-state index in [9.17, 15) is 19.3 Å². The fourth-order valence-electron chi connectivity index (χ4n) is 6.00. The summed E-state index contributed by atoms with van der Waals surface area (Å²) in [4.78, 5) is 30.2. The van der Waals surface area contributed by atoms with Crippen LogP contribution < -0.4 is 24.4 Å². The SMILES string of the molecule is CCOc1cc(/C=c2/sc3n(c2=O)[C@@H](c2ccc(F)cc2)C2=C(N=3)c3ccccc3CC2)ccc1OCc1ccc([N+](=O)[O-])cc1. The van der Waals surface area contributed by atoms with Crippen molar-refractivity contribution in [2.45, 2.75) is 32.4 Å². The van der Waals surface area contributed by atoms with Crippen LogP contribution in [-0.4, -0.2) is 16.1 Å². The third-order valence-corrected chi connectivity index (χ3v) is 9.15. The topological polar surface area (TPSA) is 96.0 Å². The number of aromatic nitrogens is 1. The molecule has 2 heterocycles. The van der Waals surface area contributed by atoms with Crippen LogP contribution in [0.3, 0.4) is 0 Å². The second-order valence-corrected chi connectivity index (χ2v) is 12.0. The molecule has 2 aliphatic rings. The average molecular weight is 634 g/mol. The van der Waals surface area contributed by atoms with Crippen molar-refractivity contribution in [1.29, 1.82) is 0 Å². The summed E-state index contributed by atoms with van der Waals surface area (Å²) >= 11 is 1.32. The number of fused-ring (bicyclic) bond motifs is 3. The minimum Gasteiger partial charge on any atom is -0.490 e. The van der Waals surface area contributed by atoms with Gasteiger partial charge in [-0.05, 0) is 90.1 Å². The normalized spacial score (nSPS) is 15.4. The van der Waals surface area contributed by atoms with Crippen molar-refractivity contribution in [3.8, 4) is 11.5 Å². The molecule has 0 bridgehead atoms. The van der Waals surface area contributed by atoms with E-state index in [-0.39, 0.29) is 23.7 Å². The molecule has 0 N–H and O–H groups in total. The number of rotatable bonds is 8. The zero-order chi connectivity index (χ0) is 31.8. The van der Waals surface area contributed by atoms with Gasteiger partial charge in [-0.1, -0.05) is 53.8 Å². The molecule has 5 aromatic rings. The number of aryl methyl sites for hydroxylation is 1. The number of hydrogen-bond donors (Lipinski definition) is 0. The second kappa shape index (κ2) is 12.2. The van der Waals surface area contributed by atoms with Gasteiger partial charge in [0.2, 0.25) is 0 Å². The number of thiazole rings is 1. The molecular weight excluding hydrogens is 605 g/mol. The molecule has 1 aromatic heterocycles. The summed E-state index contributed by atoms with van der Waals surface area (Å²) in [6.45, 7) is 2.48. The van der Waals surface area contributed by atoms with E-state index >= 15 is 0 Å². The van der Waals surface area contributed by atoms with Crippen LogP contribution in [0.2, 0.25) is 0 Å². The zero-order valence-electron chi connectivity index (χ0n) is 24.8. The number of hydrogen-bond acceptors (Lipinski definition) is 7. The van der Waals surface area contributed by atoms with Crippen LogP contribution in [0.1, 0.15) is 47.2 Å². The minimum absolute atomic E-state index is 0.0161. The van der Waals surface area contributed by atoms with Crippen LogP contribution in [0.4, 0.5) is 10.1 Å². The minimum atomic E-state index is -0.441. The van der Waals surface area contributed by atoms with Crippen LogP contribution in [0.15, 0.2) is 106 Å². The number of ether oxygens (including phenoxy) is 2. The number of nitro benzene ring substituents is 1. The highest BCUT2D eigenvalue weighted by Gasteiger charge is 2.32. The molecule has 0 fully saturated rings. The fourth-order valence-corrected chi connectivity index (χ4v) is 7.00. The standard InChI is InChI=1S/C36H28FN3O5S/c1-2-44-31-19-23(9-18-30(31)45-21-22-7-15-27(16-8-22)40(42)43)20-32-35(41)39-34(25-10-13-26(37)14-11-25)29-17-12-24-5-3-4-6-28(24)33(29)38-36(39)46-32/h3-11,13-16,18-20,34H,2,12,17,21H2,1H3/b32-20+/t34-/m0/s1. The molecule has 46 heavy (non-hydrogen) atoms. The van der Waals surface area contributed by atoms with Gasteiger partial charge in [0.25, 0.3) is 11.2 Å².